The van der Waals surface area contributed by atoms with E-state index in [1.165, 1.54) is 0 Å². The minimum atomic E-state index is -2.46. The molecule has 3 aliphatic heterocycles. The molecule has 0 aromatic rings. The molecule has 0 amide bonds. The summed E-state index contributed by atoms with van der Waals surface area (Å²) in [5.41, 5.74) is 1.12. The molecule has 3 atom stereocenters. The smallest absolute Gasteiger partial charge is 0.282 e. The fourth-order valence-corrected chi connectivity index (χ4v) is 4.28. The maximum Gasteiger partial charge on any atom is 0.282 e. The highest BCUT2D eigenvalue weighted by Crippen LogP contribution is 2.44. The lowest BCUT2D eigenvalue weighted by atomic mass is 9.71. The molecule has 7 nitrogen and oxygen atoms in total. The van der Waals surface area contributed by atoms with E-state index in [2.05, 4.69) is 0 Å². The van der Waals surface area contributed by atoms with E-state index in [0.717, 1.165) is 12.2 Å². The number of ether oxygens (including phenoxy) is 2. The molecule has 2 bridgehead atoms. The number of rotatable bonds is 1. The first-order valence-corrected chi connectivity index (χ1v) is 8.96. The van der Waals surface area contributed by atoms with Gasteiger partial charge in [0.15, 0.2) is 17.3 Å². The molecule has 0 aromatic carbocycles. The second kappa shape index (κ2) is 6.09. The summed E-state index contributed by atoms with van der Waals surface area (Å²) in [5, 5.41) is 20.4. The number of fused-ring (bicyclic) bond motifs is 3. The van der Waals surface area contributed by atoms with Crippen LogP contribution in [0.2, 0.25) is 0 Å². The molecule has 27 heavy (non-hydrogen) atoms. The fourth-order valence-electron chi connectivity index (χ4n) is 4.28. The fraction of sp³-hybridized carbons (Fsp3) is 0.450. The maximum absolute atomic E-state index is 13.3. The van der Waals surface area contributed by atoms with Crippen LogP contribution in [0.1, 0.15) is 33.1 Å². The molecule has 0 aromatic heterocycles. The standard InChI is InChI=1S/C20H20O7/c1-3-15-9(2)19-16-10(6-11(26-15)8-20(24,25)27-19)7-12-13(21)4-5-14(22)17(12)18(16)23/h4-5,7,11,16,19,24-25H,3,6,8H2,1-2H3. The highest BCUT2D eigenvalue weighted by molar-refractivity contribution is 6.34. The van der Waals surface area contributed by atoms with Crippen molar-refractivity contribution in [1.82, 2.24) is 0 Å². The molecule has 3 unspecified atom stereocenters. The summed E-state index contributed by atoms with van der Waals surface area (Å²) in [4.78, 5) is 37.8. The summed E-state index contributed by atoms with van der Waals surface area (Å²) in [7, 11) is 0. The average Bonchev–Trinajstić information content (AvgIpc) is 2.58. The lowest BCUT2D eigenvalue weighted by Crippen LogP contribution is -2.51. The van der Waals surface area contributed by atoms with E-state index in [-0.39, 0.29) is 24.0 Å². The molecule has 0 saturated carbocycles. The van der Waals surface area contributed by atoms with Gasteiger partial charge in [-0.15, -0.1) is 0 Å². The van der Waals surface area contributed by atoms with Gasteiger partial charge in [0, 0.05) is 18.4 Å². The van der Waals surface area contributed by atoms with Gasteiger partial charge >= 0.3 is 0 Å². The van der Waals surface area contributed by atoms with Crippen LogP contribution < -0.4 is 0 Å². The second-order valence-corrected chi connectivity index (χ2v) is 7.30. The predicted molar refractivity (Wildman–Crippen MR) is 91.9 cm³/mol. The number of aliphatic hydroxyl groups is 2. The van der Waals surface area contributed by atoms with E-state index in [1.54, 1.807) is 13.0 Å². The number of hydrogen-bond acceptors (Lipinski definition) is 7. The Morgan fingerprint density at radius 1 is 1.19 bits per heavy atom. The van der Waals surface area contributed by atoms with Crippen molar-refractivity contribution in [2.24, 2.45) is 5.92 Å². The average molecular weight is 372 g/mol. The summed E-state index contributed by atoms with van der Waals surface area (Å²) in [6.07, 6.45) is 2.78. The van der Waals surface area contributed by atoms with Gasteiger partial charge in [-0.25, -0.2) is 0 Å². The minimum absolute atomic E-state index is 0.0917. The van der Waals surface area contributed by atoms with Gasteiger partial charge in [0.05, 0.1) is 23.7 Å². The molecule has 5 rings (SSSR count). The summed E-state index contributed by atoms with van der Waals surface area (Å²) in [6, 6.07) is 0. The van der Waals surface area contributed by atoms with Gasteiger partial charge in [-0.1, -0.05) is 12.5 Å². The number of hydrogen-bond donors (Lipinski definition) is 2. The summed E-state index contributed by atoms with van der Waals surface area (Å²) in [6.45, 7) is 3.62. The van der Waals surface area contributed by atoms with Gasteiger partial charge in [0.25, 0.3) is 5.97 Å². The van der Waals surface area contributed by atoms with E-state index in [4.69, 9.17) is 9.47 Å². The van der Waals surface area contributed by atoms with Crippen LogP contribution in [-0.4, -0.2) is 45.7 Å². The molecule has 1 fully saturated rings. The second-order valence-electron chi connectivity index (χ2n) is 7.30. The SMILES string of the molecule is CCC1=C(C)C2OC(O)(O)CC(CC3=CC4=C(C(=O)C=CC4=O)C(=O)C32)O1. The van der Waals surface area contributed by atoms with Crippen molar-refractivity contribution >= 4 is 17.3 Å². The zero-order valence-electron chi connectivity index (χ0n) is 15.0. The van der Waals surface area contributed by atoms with Gasteiger partial charge in [-0.05, 0) is 30.7 Å². The molecule has 142 valence electrons. The van der Waals surface area contributed by atoms with Gasteiger partial charge in [-0.2, -0.15) is 0 Å². The highest BCUT2D eigenvalue weighted by atomic mass is 16.8. The van der Waals surface area contributed by atoms with Crippen molar-refractivity contribution < 1.29 is 34.1 Å². The van der Waals surface area contributed by atoms with Crippen LogP contribution in [-0.2, 0) is 23.9 Å². The number of allylic oxidation sites excluding steroid dienone is 6. The quantitative estimate of drug-likeness (QED) is 0.402. The molecular formula is C20H20O7. The van der Waals surface area contributed by atoms with Gasteiger partial charge in [0.2, 0.25) is 0 Å². The Hall–Kier alpha value is -2.35. The normalized spacial score (nSPS) is 32.4. The third-order valence-corrected chi connectivity index (χ3v) is 5.50. The zero-order chi connectivity index (χ0) is 19.5. The van der Waals surface area contributed by atoms with E-state index >= 15 is 0 Å². The Balaban J connectivity index is 1.90. The summed E-state index contributed by atoms with van der Waals surface area (Å²) < 4.78 is 11.5. The Labute approximate surface area is 155 Å². The monoisotopic (exact) mass is 372 g/mol. The van der Waals surface area contributed by atoms with Crippen LogP contribution in [0.5, 0.6) is 0 Å². The van der Waals surface area contributed by atoms with Crippen LogP contribution >= 0.6 is 0 Å². The largest absolute Gasteiger partial charge is 0.494 e. The molecule has 5 aliphatic rings. The predicted octanol–water partition coefficient (Wildman–Crippen LogP) is 1.02. The van der Waals surface area contributed by atoms with Crippen LogP contribution in [0, 0.1) is 5.92 Å². The Kier molecular flexibility index (Phi) is 4.06. The topological polar surface area (TPSA) is 110 Å². The van der Waals surface area contributed by atoms with Crippen molar-refractivity contribution in [1.29, 1.82) is 0 Å². The van der Waals surface area contributed by atoms with Crippen LogP contribution in [0.4, 0.5) is 0 Å². The number of carbonyl (C=O) groups excluding carboxylic acids is 3. The number of Topliss-reactive ketones (excluding diaryl/α,β-unsaturated/α-hetero) is 1. The summed E-state index contributed by atoms with van der Waals surface area (Å²) >= 11 is 0. The number of carbonyl (C=O) groups is 3. The van der Waals surface area contributed by atoms with Crippen molar-refractivity contribution in [3.8, 4) is 0 Å². The van der Waals surface area contributed by atoms with E-state index in [9.17, 15) is 24.6 Å². The molecule has 0 spiro atoms. The van der Waals surface area contributed by atoms with Crippen molar-refractivity contribution in [3.05, 3.63) is 46.3 Å². The first kappa shape index (κ1) is 18.0. The Morgan fingerprint density at radius 2 is 1.89 bits per heavy atom. The van der Waals surface area contributed by atoms with Crippen LogP contribution in [0.15, 0.2) is 46.3 Å². The molecule has 3 heterocycles. The lowest BCUT2D eigenvalue weighted by molar-refractivity contribution is -0.366. The van der Waals surface area contributed by atoms with Crippen LogP contribution in [0.25, 0.3) is 0 Å². The van der Waals surface area contributed by atoms with Gasteiger partial charge < -0.3 is 19.7 Å². The molecular weight excluding hydrogens is 352 g/mol. The molecule has 7 heteroatoms. The summed E-state index contributed by atoms with van der Waals surface area (Å²) in [5.74, 6) is -4.16. The van der Waals surface area contributed by atoms with E-state index < -0.39 is 41.4 Å². The minimum Gasteiger partial charge on any atom is -0.494 e. The molecule has 2 N–H and O–H groups in total. The van der Waals surface area contributed by atoms with Gasteiger partial charge in [-0.3, -0.25) is 14.4 Å². The zero-order valence-corrected chi connectivity index (χ0v) is 15.0. The van der Waals surface area contributed by atoms with Gasteiger partial charge in [0.1, 0.15) is 12.2 Å². The number of ketones is 3. The third-order valence-electron chi connectivity index (χ3n) is 5.50. The maximum atomic E-state index is 13.3. The lowest BCUT2D eigenvalue weighted by Gasteiger charge is -2.43. The van der Waals surface area contributed by atoms with E-state index in [0.29, 0.717) is 23.3 Å². The molecule has 2 aliphatic carbocycles. The van der Waals surface area contributed by atoms with E-state index in [1.807, 2.05) is 6.92 Å². The van der Waals surface area contributed by atoms with Crippen molar-refractivity contribution in [2.45, 2.75) is 51.3 Å². The Bertz CT molecular complexity index is 884. The molecule has 0 radical (unpaired) electrons. The first-order chi connectivity index (χ1) is 12.7. The van der Waals surface area contributed by atoms with Crippen LogP contribution in [0.3, 0.4) is 0 Å². The third kappa shape index (κ3) is 2.82. The molecule has 1 saturated heterocycles. The highest BCUT2D eigenvalue weighted by Gasteiger charge is 2.50. The van der Waals surface area contributed by atoms with Crippen molar-refractivity contribution in [2.75, 3.05) is 0 Å². The first-order valence-electron chi connectivity index (χ1n) is 8.96. The Morgan fingerprint density at radius 3 is 2.59 bits per heavy atom. The van der Waals surface area contributed by atoms with Crippen molar-refractivity contribution in [3.63, 3.8) is 0 Å².